The third-order valence-corrected chi connectivity index (χ3v) is 3.99. The number of hydrogen-bond acceptors (Lipinski definition) is 4. The number of amides is 2. The molecule has 2 aliphatic rings. The van der Waals surface area contributed by atoms with Crippen LogP contribution in [0.4, 0.5) is 0 Å². The average molecular weight is 229 g/mol. The van der Waals surface area contributed by atoms with Crippen molar-refractivity contribution in [3.05, 3.63) is 0 Å². The minimum atomic E-state index is -0.333. The first-order valence-corrected chi connectivity index (χ1v) is 6.43. The van der Waals surface area contributed by atoms with Crippen molar-refractivity contribution in [3.8, 4) is 0 Å². The van der Waals surface area contributed by atoms with Crippen LogP contribution in [0.15, 0.2) is 0 Å². The molecule has 5 heteroatoms. The second kappa shape index (κ2) is 4.53. The Hall–Kier alpha value is -0.550. The molecular formula is C10H15NO3S. The summed E-state index contributed by atoms with van der Waals surface area (Å²) in [7, 11) is 0. The van der Waals surface area contributed by atoms with Gasteiger partial charge in [-0.15, -0.1) is 11.8 Å². The van der Waals surface area contributed by atoms with E-state index < -0.39 is 0 Å². The van der Waals surface area contributed by atoms with Crippen LogP contribution < -0.4 is 0 Å². The SMILES string of the molecule is O=C1CSCC(=O)N1CC1CCCC1O. The molecule has 0 aromatic rings. The number of hydrogen-bond donors (Lipinski definition) is 1. The van der Waals surface area contributed by atoms with Gasteiger partial charge in [-0.25, -0.2) is 0 Å². The molecule has 1 heterocycles. The van der Waals surface area contributed by atoms with E-state index in [4.69, 9.17) is 0 Å². The Morgan fingerprint density at radius 1 is 1.27 bits per heavy atom. The lowest BCUT2D eigenvalue weighted by atomic mass is 10.1. The van der Waals surface area contributed by atoms with Crippen molar-refractivity contribution < 1.29 is 14.7 Å². The Morgan fingerprint density at radius 2 is 1.93 bits per heavy atom. The van der Waals surface area contributed by atoms with Crippen molar-refractivity contribution in [3.63, 3.8) is 0 Å². The van der Waals surface area contributed by atoms with Crippen molar-refractivity contribution in [2.45, 2.75) is 25.4 Å². The molecule has 0 radical (unpaired) electrons. The molecule has 1 N–H and O–H groups in total. The van der Waals surface area contributed by atoms with Gasteiger partial charge >= 0.3 is 0 Å². The number of carbonyl (C=O) groups excluding carboxylic acids is 2. The zero-order chi connectivity index (χ0) is 10.8. The lowest BCUT2D eigenvalue weighted by Gasteiger charge is -2.28. The minimum absolute atomic E-state index is 0.0981. The monoisotopic (exact) mass is 229 g/mol. The molecule has 2 atom stereocenters. The molecular weight excluding hydrogens is 214 g/mol. The van der Waals surface area contributed by atoms with Gasteiger partial charge in [-0.3, -0.25) is 14.5 Å². The van der Waals surface area contributed by atoms with E-state index in [9.17, 15) is 14.7 Å². The van der Waals surface area contributed by atoms with Gasteiger partial charge in [0.05, 0.1) is 17.6 Å². The lowest BCUT2D eigenvalue weighted by Crippen LogP contribution is -2.46. The number of imide groups is 1. The molecule has 2 unspecified atom stereocenters. The van der Waals surface area contributed by atoms with E-state index in [0.717, 1.165) is 19.3 Å². The standard InChI is InChI=1S/C10H15NO3S/c12-8-3-1-2-7(8)4-11-9(13)5-15-6-10(11)14/h7-8,12H,1-6H2. The van der Waals surface area contributed by atoms with Gasteiger partial charge in [-0.05, 0) is 12.8 Å². The van der Waals surface area contributed by atoms with Crippen LogP contribution in [0.25, 0.3) is 0 Å². The van der Waals surface area contributed by atoms with E-state index in [1.54, 1.807) is 0 Å². The van der Waals surface area contributed by atoms with Gasteiger partial charge in [-0.2, -0.15) is 0 Å². The molecule has 2 rings (SSSR count). The molecule has 1 saturated heterocycles. The Balaban J connectivity index is 1.97. The molecule has 0 aromatic carbocycles. The van der Waals surface area contributed by atoms with Crippen LogP contribution in [0.5, 0.6) is 0 Å². The smallest absolute Gasteiger partial charge is 0.239 e. The third kappa shape index (κ3) is 2.34. The van der Waals surface area contributed by atoms with Gasteiger partial charge < -0.3 is 5.11 Å². The highest BCUT2D eigenvalue weighted by atomic mass is 32.2. The zero-order valence-corrected chi connectivity index (χ0v) is 9.33. The van der Waals surface area contributed by atoms with Crippen LogP contribution >= 0.6 is 11.8 Å². The van der Waals surface area contributed by atoms with Gasteiger partial charge in [-0.1, -0.05) is 6.42 Å². The summed E-state index contributed by atoms with van der Waals surface area (Å²) in [6, 6.07) is 0. The van der Waals surface area contributed by atoms with Crippen molar-refractivity contribution in [2.75, 3.05) is 18.1 Å². The summed E-state index contributed by atoms with van der Waals surface area (Å²) >= 11 is 1.37. The predicted octanol–water partition coefficient (Wildman–Crippen LogP) is 0.249. The molecule has 1 aliphatic heterocycles. The van der Waals surface area contributed by atoms with Gasteiger partial charge in [0, 0.05) is 12.5 Å². The molecule has 2 fully saturated rings. The van der Waals surface area contributed by atoms with Crippen LogP contribution in [-0.2, 0) is 9.59 Å². The molecule has 4 nitrogen and oxygen atoms in total. The van der Waals surface area contributed by atoms with Crippen LogP contribution in [0, 0.1) is 5.92 Å². The summed E-state index contributed by atoms with van der Waals surface area (Å²) in [5.74, 6) is 0.690. The zero-order valence-electron chi connectivity index (χ0n) is 8.52. The van der Waals surface area contributed by atoms with Crippen molar-refractivity contribution in [1.29, 1.82) is 0 Å². The Labute approximate surface area is 93.0 Å². The molecule has 84 valence electrons. The predicted molar refractivity (Wildman–Crippen MR) is 57.4 cm³/mol. The maximum atomic E-state index is 11.5. The average Bonchev–Trinajstić information content (AvgIpc) is 2.58. The van der Waals surface area contributed by atoms with Gasteiger partial charge in [0.2, 0.25) is 11.8 Å². The number of nitrogens with zero attached hydrogens (tertiary/aromatic N) is 1. The number of rotatable bonds is 2. The molecule has 2 amide bonds. The quantitative estimate of drug-likeness (QED) is 0.690. The summed E-state index contributed by atoms with van der Waals surface area (Å²) in [6.07, 6.45) is 2.39. The normalized spacial score (nSPS) is 32.5. The van der Waals surface area contributed by atoms with Crippen molar-refractivity contribution >= 4 is 23.6 Å². The minimum Gasteiger partial charge on any atom is -0.393 e. The van der Waals surface area contributed by atoms with Gasteiger partial charge in [0.15, 0.2) is 0 Å². The maximum absolute atomic E-state index is 11.5. The Kier molecular flexibility index (Phi) is 3.31. The van der Waals surface area contributed by atoms with E-state index in [1.165, 1.54) is 16.7 Å². The summed E-state index contributed by atoms with van der Waals surface area (Å²) in [4.78, 5) is 24.3. The second-order valence-corrected chi connectivity index (χ2v) is 5.13. The topological polar surface area (TPSA) is 57.6 Å². The fraction of sp³-hybridized carbons (Fsp3) is 0.800. The number of carbonyl (C=O) groups is 2. The van der Waals surface area contributed by atoms with E-state index in [1.807, 2.05) is 0 Å². The highest BCUT2D eigenvalue weighted by Crippen LogP contribution is 2.27. The second-order valence-electron chi connectivity index (χ2n) is 4.15. The van der Waals surface area contributed by atoms with Gasteiger partial charge in [0.25, 0.3) is 0 Å². The fourth-order valence-corrected chi connectivity index (χ4v) is 2.95. The van der Waals surface area contributed by atoms with E-state index in [2.05, 4.69) is 0 Å². The lowest BCUT2D eigenvalue weighted by molar-refractivity contribution is -0.143. The molecule has 15 heavy (non-hydrogen) atoms. The number of aliphatic hydroxyl groups is 1. The van der Waals surface area contributed by atoms with Crippen LogP contribution in [0.2, 0.25) is 0 Å². The summed E-state index contributed by atoms with van der Waals surface area (Å²) in [5, 5.41) is 9.64. The van der Waals surface area contributed by atoms with E-state index in [0.29, 0.717) is 18.1 Å². The van der Waals surface area contributed by atoms with Crippen LogP contribution in [0.3, 0.4) is 0 Å². The highest BCUT2D eigenvalue weighted by molar-refractivity contribution is 8.00. The summed E-state index contributed by atoms with van der Waals surface area (Å²) < 4.78 is 0. The molecule has 0 aromatic heterocycles. The number of thioether (sulfide) groups is 1. The molecule has 1 aliphatic carbocycles. The summed E-state index contributed by atoms with van der Waals surface area (Å²) in [6.45, 7) is 0.416. The van der Waals surface area contributed by atoms with E-state index in [-0.39, 0.29) is 23.8 Å². The van der Waals surface area contributed by atoms with Crippen molar-refractivity contribution in [1.82, 2.24) is 4.90 Å². The van der Waals surface area contributed by atoms with Gasteiger partial charge in [0.1, 0.15) is 0 Å². The molecule has 0 bridgehead atoms. The molecule has 1 saturated carbocycles. The first-order valence-electron chi connectivity index (χ1n) is 5.27. The first kappa shape index (κ1) is 11.0. The van der Waals surface area contributed by atoms with Crippen LogP contribution in [0.1, 0.15) is 19.3 Å². The van der Waals surface area contributed by atoms with E-state index >= 15 is 0 Å². The van der Waals surface area contributed by atoms with Crippen LogP contribution in [-0.4, -0.2) is 46.0 Å². The third-order valence-electron chi connectivity index (χ3n) is 3.09. The first-order chi connectivity index (χ1) is 7.18. The number of aliphatic hydroxyl groups excluding tert-OH is 1. The maximum Gasteiger partial charge on any atom is 0.239 e. The molecule has 0 spiro atoms. The largest absolute Gasteiger partial charge is 0.393 e. The Bertz CT molecular complexity index is 266. The summed E-state index contributed by atoms with van der Waals surface area (Å²) in [5.41, 5.74) is 0. The van der Waals surface area contributed by atoms with Crippen molar-refractivity contribution in [2.24, 2.45) is 5.92 Å². The Morgan fingerprint density at radius 3 is 2.47 bits per heavy atom. The fourth-order valence-electron chi connectivity index (χ4n) is 2.19. The highest BCUT2D eigenvalue weighted by Gasteiger charge is 2.33.